The lowest BCUT2D eigenvalue weighted by Crippen LogP contribution is -2.13. The van der Waals surface area contributed by atoms with Crippen LogP contribution in [0.15, 0.2) is 18.2 Å². The van der Waals surface area contributed by atoms with Gasteiger partial charge in [0.2, 0.25) is 0 Å². The summed E-state index contributed by atoms with van der Waals surface area (Å²) in [4.78, 5) is 13.6. The van der Waals surface area contributed by atoms with Crippen molar-refractivity contribution in [1.82, 2.24) is 0 Å². The summed E-state index contributed by atoms with van der Waals surface area (Å²) >= 11 is 1.48. The van der Waals surface area contributed by atoms with Crippen molar-refractivity contribution in [2.45, 2.75) is 47.1 Å². The van der Waals surface area contributed by atoms with Gasteiger partial charge in [0.05, 0.1) is 6.10 Å². The fourth-order valence-corrected chi connectivity index (χ4v) is 3.61. The molecule has 0 fully saturated rings. The number of benzene rings is 1. The van der Waals surface area contributed by atoms with Crippen LogP contribution >= 0.6 is 11.3 Å². The number of anilines is 1. The van der Waals surface area contributed by atoms with E-state index in [-0.39, 0.29) is 12.1 Å². The minimum absolute atomic E-state index is 0.163. The molecule has 0 amide bonds. The van der Waals surface area contributed by atoms with Gasteiger partial charge in [0, 0.05) is 10.4 Å². The summed E-state index contributed by atoms with van der Waals surface area (Å²) in [5.41, 5.74) is 11.0. The summed E-state index contributed by atoms with van der Waals surface area (Å²) in [6.07, 6.45) is 0.677. The normalized spacial score (nSPS) is 11.0. The molecule has 2 rings (SSSR count). The lowest BCUT2D eigenvalue weighted by atomic mass is 9.95. The summed E-state index contributed by atoms with van der Waals surface area (Å²) in [7, 11) is 0. The molecule has 2 N–H and O–H groups in total. The molecular formula is C18H23NO2S. The van der Waals surface area contributed by atoms with Gasteiger partial charge in [-0.2, -0.15) is 0 Å². The topological polar surface area (TPSA) is 52.3 Å². The largest absolute Gasteiger partial charge is 0.459 e. The van der Waals surface area contributed by atoms with E-state index in [0.29, 0.717) is 10.6 Å². The summed E-state index contributed by atoms with van der Waals surface area (Å²) < 4.78 is 5.39. The van der Waals surface area contributed by atoms with Crippen molar-refractivity contribution in [3.05, 3.63) is 39.8 Å². The number of thiophene rings is 1. The van der Waals surface area contributed by atoms with E-state index in [1.165, 1.54) is 16.9 Å². The van der Waals surface area contributed by atoms with Crippen molar-refractivity contribution >= 4 is 22.3 Å². The Morgan fingerprint density at radius 3 is 2.55 bits per heavy atom. The molecule has 2 aromatic rings. The number of hydrogen-bond acceptors (Lipinski definition) is 4. The number of hydrogen-bond donors (Lipinski definition) is 1. The number of carbonyl (C=O) groups excluding carboxylic acids is 1. The maximum atomic E-state index is 12.5. The van der Waals surface area contributed by atoms with E-state index in [0.717, 1.165) is 28.0 Å². The molecule has 0 aliphatic carbocycles. The average molecular weight is 317 g/mol. The summed E-state index contributed by atoms with van der Waals surface area (Å²) in [5, 5.41) is 0.539. The number of aryl methyl sites for hydroxylation is 3. The second-order valence-corrected chi connectivity index (χ2v) is 6.90. The first-order chi connectivity index (χ1) is 10.3. The van der Waals surface area contributed by atoms with Crippen LogP contribution in [0.3, 0.4) is 0 Å². The van der Waals surface area contributed by atoms with Crippen LogP contribution in [0.25, 0.3) is 11.1 Å². The van der Waals surface area contributed by atoms with Gasteiger partial charge in [0.15, 0.2) is 0 Å². The van der Waals surface area contributed by atoms with Gasteiger partial charge in [-0.3, -0.25) is 0 Å². The van der Waals surface area contributed by atoms with E-state index in [4.69, 9.17) is 10.5 Å². The highest BCUT2D eigenvalue weighted by Gasteiger charge is 2.25. The number of nitrogens with two attached hydrogens (primary N) is 1. The average Bonchev–Trinajstić information content (AvgIpc) is 2.74. The smallest absolute Gasteiger partial charge is 0.342 e. The molecule has 4 heteroatoms. The van der Waals surface area contributed by atoms with E-state index in [9.17, 15) is 4.79 Å². The number of rotatable bonds is 4. The summed E-state index contributed by atoms with van der Waals surface area (Å²) in [5.74, 6) is -0.335. The molecule has 0 bridgehead atoms. The van der Waals surface area contributed by atoms with E-state index in [2.05, 4.69) is 39.0 Å². The first-order valence-electron chi connectivity index (χ1n) is 7.54. The predicted octanol–water partition coefficient (Wildman–Crippen LogP) is 4.74. The van der Waals surface area contributed by atoms with Gasteiger partial charge in [0.25, 0.3) is 0 Å². The van der Waals surface area contributed by atoms with E-state index in [1.54, 1.807) is 0 Å². The monoisotopic (exact) mass is 317 g/mol. The molecule has 0 saturated carbocycles. The zero-order chi connectivity index (χ0) is 16.4. The van der Waals surface area contributed by atoms with Gasteiger partial charge in [-0.25, -0.2) is 4.79 Å². The molecule has 0 atom stereocenters. The number of carbonyl (C=O) groups is 1. The van der Waals surface area contributed by atoms with Crippen LogP contribution in [0.4, 0.5) is 5.00 Å². The third kappa shape index (κ3) is 3.17. The fraction of sp³-hybridized carbons (Fsp3) is 0.389. The van der Waals surface area contributed by atoms with E-state index < -0.39 is 0 Å². The SMILES string of the molecule is CCc1sc(N)c(C(=O)OC(C)C)c1-c1ccc(C)cc1C. The quantitative estimate of drug-likeness (QED) is 0.829. The van der Waals surface area contributed by atoms with Crippen molar-refractivity contribution in [1.29, 1.82) is 0 Å². The van der Waals surface area contributed by atoms with Crippen LogP contribution in [0.5, 0.6) is 0 Å². The first-order valence-corrected chi connectivity index (χ1v) is 8.36. The second-order valence-electron chi connectivity index (χ2n) is 5.77. The zero-order valence-electron chi connectivity index (χ0n) is 13.8. The molecule has 0 radical (unpaired) electrons. The highest BCUT2D eigenvalue weighted by atomic mass is 32.1. The molecule has 22 heavy (non-hydrogen) atoms. The standard InChI is InChI=1S/C18H23NO2S/c1-6-14-15(13-8-7-11(4)9-12(13)5)16(17(19)22-14)18(20)21-10(2)3/h7-10H,6,19H2,1-5H3. The van der Waals surface area contributed by atoms with Gasteiger partial charge in [-0.05, 0) is 45.2 Å². The lowest BCUT2D eigenvalue weighted by molar-refractivity contribution is 0.0380. The van der Waals surface area contributed by atoms with Gasteiger partial charge >= 0.3 is 5.97 Å². The number of esters is 1. The maximum Gasteiger partial charge on any atom is 0.342 e. The molecule has 3 nitrogen and oxygen atoms in total. The highest BCUT2D eigenvalue weighted by Crippen LogP contribution is 2.41. The second kappa shape index (κ2) is 6.53. The molecule has 0 saturated heterocycles. The molecule has 0 aliphatic rings. The predicted molar refractivity (Wildman–Crippen MR) is 93.6 cm³/mol. The van der Waals surface area contributed by atoms with Crippen molar-refractivity contribution < 1.29 is 9.53 Å². The highest BCUT2D eigenvalue weighted by molar-refractivity contribution is 7.17. The van der Waals surface area contributed by atoms with Crippen molar-refractivity contribution in [3.63, 3.8) is 0 Å². The molecule has 0 unspecified atom stereocenters. The van der Waals surface area contributed by atoms with Crippen molar-refractivity contribution in [2.24, 2.45) is 0 Å². The Labute approximate surface area is 136 Å². The molecular weight excluding hydrogens is 294 g/mol. The van der Waals surface area contributed by atoms with E-state index in [1.807, 2.05) is 13.8 Å². The molecule has 1 aromatic carbocycles. The third-order valence-electron chi connectivity index (χ3n) is 3.53. The van der Waals surface area contributed by atoms with Crippen LogP contribution in [-0.2, 0) is 11.2 Å². The number of nitrogen functional groups attached to an aromatic ring is 1. The van der Waals surface area contributed by atoms with Gasteiger partial charge in [0.1, 0.15) is 10.6 Å². The van der Waals surface area contributed by atoms with Gasteiger partial charge in [-0.15, -0.1) is 11.3 Å². The minimum Gasteiger partial charge on any atom is -0.459 e. The van der Waals surface area contributed by atoms with Gasteiger partial charge in [-0.1, -0.05) is 30.7 Å². The zero-order valence-corrected chi connectivity index (χ0v) is 14.6. The molecule has 0 spiro atoms. The van der Waals surface area contributed by atoms with Gasteiger partial charge < -0.3 is 10.5 Å². The minimum atomic E-state index is -0.335. The van der Waals surface area contributed by atoms with Crippen molar-refractivity contribution in [3.8, 4) is 11.1 Å². The van der Waals surface area contributed by atoms with Crippen LogP contribution in [-0.4, -0.2) is 12.1 Å². The summed E-state index contributed by atoms with van der Waals surface area (Å²) in [6, 6.07) is 6.25. The van der Waals surface area contributed by atoms with Crippen molar-refractivity contribution in [2.75, 3.05) is 5.73 Å². The molecule has 118 valence electrons. The van der Waals surface area contributed by atoms with E-state index >= 15 is 0 Å². The van der Waals surface area contributed by atoms with Crippen LogP contribution in [0, 0.1) is 13.8 Å². The first kappa shape index (κ1) is 16.6. The Morgan fingerprint density at radius 1 is 1.32 bits per heavy atom. The Morgan fingerprint density at radius 2 is 2.00 bits per heavy atom. The Balaban J connectivity index is 2.65. The Bertz CT molecular complexity index is 701. The molecule has 1 heterocycles. The fourth-order valence-electron chi connectivity index (χ4n) is 2.60. The number of ether oxygens (including phenoxy) is 1. The Kier molecular flexibility index (Phi) is 4.91. The molecule has 0 aliphatic heterocycles. The lowest BCUT2D eigenvalue weighted by Gasteiger charge is -2.13. The van der Waals surface area contributed by atoms with Crippen LogP contribution < -0.4 is 5.73 Å². The maximum absolute atomic E-state index is 12.5. The van der Waals surface area contributed by atoms with Crippen LogP contribution in [0.2, 0.25) is 0 Å². The Hall–Kier alpha value is -1.81. The summed E-state index contributed by atoms with van der Waals surface area (Å²) in [6.45, 7) is 9.90. The molecule has 1 aromatic heterocycles. The third-order valence-corrected chi connectivity index (χ3v) is 4.69. The van der Waals surface area contributed by atoms with Crippen LogP contribution in [0.1, 0.15) is 47.1 Å².